The van der Waals surface area contributed by atoms with E-state index in [1.54, 1.807) is 0 Å². The van der Waals surface area contributed by atoms with Gasteiger partial charge in [0.2, 0.25) is 5.91 Å². The minimum atomic E-state index is -0.234. The molecule has 0 saturated heterocycles. The van der Waals surface area contributed by atoms with E-state index in [9.17, 15) is 4.79 Å². The summed E-state index contributed by atoms with van der Waals surface area (Å²) in [4.78, 5) is 14.0. The first-order valence-electron chi connectivity index (χ1n) is 6.61. The van der Waals surface area contributed by atoms with Crippen LogP contribution in [0.25, 0.3) is 0 Å². The van der Waals surface area contributed by atoms with E-state index in [1.807, 2.05) is 30.1 Å². The normalized spacial score (nSPS) is 18.8. The maximum Gasteiger partial charge on any atom is 0.224 e. The van der Waals surface area contributed by atoms with Gasteiger partial charge in [0.25, 0.3) is 0 Å². The summed E-state index contributed by atoms with van der Waals surface area (Å²) in [7, 11) is 1.86. The lowest BCUT2D eigenvalue weighted by Crippen LogP contribution is -2.50. The first-order chi connectivity index (χ1) is 8.52. The Hall–Kier alpha value is -1.35. The smallest absolute Gasteiger partial charge is 0.224 e. The van der Waals surface area contributed by atoms with Gasteiger partial charge in [-0.25, -0.2) is 0 Å². The van der Waals surface area contributed by atoms with Crippen molar-refractivity contribution in [2.24, 2.45) is 5.73 Å². The van der Waals surface area contributed by atoms with Gasteiger partial charge in [0.05, 0.1) is 6.04 Å². The molecule has 1 saturated carbocycles. The third-order valence-corrected chi connectivity index (χ3v) is 4.11. The molecule has 18 heavy (non-hydrogen) atoms. The van der Waals surface area contributed by atoms with Crippen LogP contribution in [0.2, 0.25) is 0 Å². The maximum atomic E-state index is 12.2. The van der Waals surface area contributed by atoms with Gasteiger partial charge >= 0.3 is 0 Å². The standard InChI is InChI=1S/C15H22N2O/c1-12(13-7-4-3-5-8-13)17(2)14(18)11-15(16)9-6-10-15/h3-5,7-8,12H,6,9-11,16H2,1-2H3. The number of nitrogens with two attached hydrogens (primary N) is 1. The van der Waals surface area contributed by atoms with Crippen molar-refractivity contribution in [1.29, 1.82) is 0 Å². The number of rotatable bonds is 4. The molecule has 1 aromatic carbocycles. The van der Waals surface area contributed by atoms with Crippen LogP contribution >= 0.6 is 0 Å². The molecule has 1 fully saturated rings. The number of hydrogen-bond donors (Lipinski definition) is 1. The molecular formula is C15H22N2O. The maximum absolute atomic E-state index is 12.2. The summed E-state index contributed by atoms with van der Waals surface area (Å²) in [5.74, 6) is 0.147. The third kappa shape index (κ3) is 2.72. The molecule has 1 aromatic rings. The number of amides is 1. The Morgan fingerprint density at radius 3 is 2.50 bits per heavy atom. The molecule has 0 spiro atoms. The summed E-state index contributed by atoms with van der Waals surface area (Å²) < 4.78 is 0. The van der Waals surface area contributed by atoms with Gasteiger partial charge in [-0.05, 0) is 31.7 Å². The monoisotopic (exact) mass is 246 g/mol. The molecule has 0 aromatic heterocycles. The van der Waals surface area contributed by atoms with Gasteiger partial charge in [-0.15, -0.1) is 0 Å². The van der Waals surface area contributed by atoms with Crippen LogP contribution in [-0.2, 0) is 4.79 Å². The van der Waals surface area contributed by atoms with E-state index in [-0.39, 0.29) is 17.5 Å². The van der Waals surface area contributed by atoms with E-state index in [4.69, 9.17) is 5.73 Å². The van der Waals surface area contributed by atoms with Crippen molar-refractivity contribution < 1.29 is 4.79 Å². The Kier molecular flexibility index (Phi) is 3.71. The number of benzene rings is 1. The van der Waals surface area contributed by atoms with Crippen LogP contribution in [0.1, 0.15) is 44.2 Å². The summed E-state index contributed by atoms with van der Waals surface area (Å²) in [6, 6.07) is 10.2. The molecule has 1 amide bonds. The zero-order chi connectivity index (χ0) is 13.2. The zero-order valence-electron chi connectivity index (χ0n) is 11.2. The zero-order valence-corrected chi connectivity index (χ0v) is 11.2. The number of hydrogen-bond acceptors (Lipinski definition) is 2. The number of carbonyl (C=O) groups excluding carboxylic acids is 1. The molecule has 3 heteroatoms. The van der Waals surface area contributed by atoms with E-state index in [0.29, 0.717) is 6.42 Å². The minimum Gasteiger partial charge on any atom is -0.339 e. The second-order valence-electron chi connectivity index (χ2n) is 5.48. The summed E-state index contributed by atoms with van der Waals surface area (Å²) >= 11 is 0. The van der Waals surface area contributed by atoms with Crippen molar-refractivity contribution >= 4 is 5.91 Å². The summed E-state index contributed by atoms with van der Waals surface area (Å²) in [6.45, 7) is 2.05. The molecule has 0 bridgehead atoms. The predicted octanol–water partition coefficient (Wildman–Crippen LogP) is 2.48. The van der Waals surface area contributed by atoms with Gasteiger partial charge < -0.3 is 10.6 Å². The predicted molar refractivity (Wildman–Crippen MR) is 73.0 cm³/mol. The summed E-state index contributed by atoms with van der Waals surface area (Å²) in [5, 5.41) is 0. The van der Waals surface area contributed by atoms with Gasteiger partial charge in [-0.2, -0.15) is 0 Å². The Bertz CT molecular complexity index is 412. The highest BCUT2D eigenvalue weighted by molar-refractivity contribution is 5.77. The Balaban J connectivity index is 1.98. The van der Waals surface area contributed by atoms with Crippen LogP contribution in [0.4, 0.5) is 0 Å². The van der Waals surface area contributed by atoms with Crippen LogP contribution < -0.4 is 5.73 Å². The average molecular weight is 246 g/mol. The topological polar surface area (TPSA) is 46.3 Å². The number of nitrogens with zero attached hydrogens (tertiary/aromatic N) is 1. The van der Waals surface area contributed by atoms with Crippen molar-refractivity contribution in [2.45, 2.75) is 44.2 Å². The van der Waals surface area contributed by atoms with E-state index < -0.39 is 0 Å². The molecule has 1 aliphatic rings. The molecule has 0 aliphatic heterocycles. The lowest BCUT2D eigenvalue weighted by Gasteiger charge is -2.39. The SMILES string of the molecule is CC(c1ccccc1)N(C)C(=O)CC1(N)CCC1. The number of carbonyl (C=O) groups is 1. The van der Waals surface area contributed by atoms with Gasteiger partial charge in [-0.1, -0.05) is 30.3 Å². The lowest BCUT2D eigenvalue weighted by atomic mass is 9.75. The third-order valence-electron chi connectivity index (χ3n) is 4.11. The van der Waals surface area contributed by atoms with Crippen LogP contribution in [-0.4, -0.2) is 23.4 Å². The van der Waals surface area contributed by atoms with Crippen LogP contribution in [0.5, 0.6) is 0 Å². The molecule has 2 rings (SSSR count). The van der Waals surface area contributed by atoms with Crippen molar-refractivity contribution in [3.63, 3.8) is 0 Å². The van der Waals surface area contributed by atoms with Gasteiger partial charge in [0.1, 0.15) is 0 Å². The highest BCUT2D eigenvalue weighted by atomic mass is 16.2. The Morgan fingerprint density at radius 1 is 1.39 bits per heavy atom. The fraction of sp³-hybridized carbons (Fsp3) is 0.533. The van der Waals surface area contributed by atoms with Crippen LogP contribution in [0, 0.1) is 0 Å². The summed E-state index contributed by atoms with van der Waals surface area (Å²) in [5.41, 5.74) is 7.06. The van der Waals surface area contributed by atoms with E-state index in [1.165, 1.54) is 0 Å². The highest BCUT2D eigenvalue weighted by Gasteiger charge is 2.36. The van der Waals surface area contributed by atoms with Gasteiger partial charge in [0.15, 0.2) is 0 Å². The van der Waals surface area contributed by atoms with Crippen LogP contribution in [0.15, 0.2) is 30.3 Å². The van der Waals surface area contributed by atoms with E-state index >= 15 is 0 Å². The largest absolute Gasteiger partial charge is 0.339 e. The lowest BCUT2D eigenvalue weighted by molar-refractivity contribution is -0.133. The first-order valence-corrected chi connectivity index (χ1v) is 6.61. The second kappa shape index (κ2) is 5.11. The molecule has 0 heterocycles. The summed E-state index contributed by atoms with van der Waals surface area (Å²) in [6.07, 6.45) is 3.58. The van der Waals surface area contributed by atoms with Crippen LogP contribution in [0.3, 0.4) is 0 Å². The van der Waals surface area contributed by atoms with Gasteiger partial charge in [0, 0.05) is 19.0 Å². The highest BCUT2D eigenvalue weighted by Crippen LogP contribution is 2.33. The molecule has 0 radical (unpaired) electrons. The van der Waals surface area contributed by atoms with Crippen molar-refractivity contribution in [3.8, 4) is 0 Å². The Morgan fingerprint density at radius 2 is 2.00 bits per heavy atom. The molecule has 1 aliphatic carbocycles. The fourth-order valence-electron chi connectivity index (χ4n) is 2.40. The molecule has 1 atom stereocenters. The van der Waals surface area contributed by atoms with Crippen molar-refractivity contribution in [2.75, 3.05) is 7.05 Å². The van der Waals surface area contributed by atoms with Gasteiger partial charge in [-0.3, -0.25) is 4.79 Å². The fourth-order valence-corrected chi connectivity index (χ4v) is 2.40. The average Bonchev–Trinajstić information content (AvgIpc) is 2.36. The molecule has 98 valence electrons. The minimum absolute atomic E-state index is 0.0994. The Labute approximate surface area is 109 Å². The quantitative estimate of drug-likeness (QED) is 0.887. The van der Waals surface area contributed by atoms with Crippen molar-refractivity contribution in [3.05, 3.63) is 35.9 Å². The molecular weight excluding hydrogens is 224 g/mol. The molecule has 3 nitrogen and oxygen atoms in total. The van der Waals surface area contributed by atoms with Crippen molar-refractivity contribution in [1.82, 2.24) is 4.90 Å². The van der Waals surface area contributed by atoms with E-state index in [2.05, 4.69) is 19.1 Å². The molecule has 1 unspecified atom stereocenters. The first kappa shape index (κ1) is 13.1. The molecule has 2 N–H and O–H groups in total. The second-order valence-corrected chi connectivity index (χ2v) is 5.48. The van der Waals surface area contributed by atoms with E-state index in [0.717, 1.165) is 24.8 Å².